The van der Waals surface area contributed by atoms with Crippen molar-refractivity contribution in [3.63, 3.8) is 0 Å². The molecule has 0 saturated carbocycles. The average molecular weight is 142 g/mol. The summed E-state index contributed by atoms with van der Waals surface area (Å²) < 4.78 is 4.92. The maximum Gasteiger partial charge on any atom is 0.113 e. The van der Waals surface area contributed by atoms with Gasteiger partial charge in [0.1, 0.15) is 6.61 Å². The Bertz CT molecular complexity index is 106. The lowest BCUT2D eigenvalue weighted by Gasteiger charge is -2.01. The Hall–Kier alpha value is -0.760. The Morgan fingerprint density at radius 2 is 2.40 bits per heavy atom. The van der Waals surface area contributed by atoms with Crippen LogP contribution in [0, 0.1) is 0 Å². The Morgan fingerprint density at radius 3 is 2.90 bits per heavy atom. The largest absolute Gasteiger partial charge is 0.499 e. The Labute approximate surface area is 61.8 Å². The fraction of sp³-hybridized carbons (Fsp3) is 0.500. The zero-order valence-electron chi connectivity index (χ0n) is 6.29. The molecule has 1 atom stereocenters. The van der Waals surface area contributed by atoms with Gasteiger partial charge in [0.05, 0.1) is 12.4 Å². The van der Waals surface area contributed by atoms with Crippen molar-refractivity contribution in [3.05, 3.63) is 25.0 Å². The van der Waals surface area contributed by atoms with Crippen molar-refractivity contribution >= 4 is 0 Å². The molecule has 0 heterocycles. The smallest absolute Gasteiger partial charge is 0.113 e. The molecule has 1 N–H and O–H groups in total. The topological polar surface area (TPSA) is 29.5 Å². The van der Waals surface area contributed by atoms with Crippen LogP contribution in [0.25, 0.3) is 0 Å². The van der Waals surface area contributed by atoms with Crippen LogP contribution in [0.3, 0.4) is 0 Å². The van der Waals surface area contributed by atoms with Crippen LogP contribution in [-0.4, -0.2) is 17.8 Å². The van der Waals surface area contributed by atoms with E-state index in [2.05, 4.69) is 6.58 Å². The maximum absolute atomic E-state index is 8.73. The third-order valence-corrected chi connectivity index (χ3v) is 0.833. The highest BCUT2D eigenvalue weighted by molar-refractivity contribution is 4.83. The zero-order valence-corrected chi connectivity index (χ0v) is 6.29. The Morgan fingerprint density at radius 1 is 1.70 bits per heavy atom. The van der Waals surface area contributed by atoms with E-state index in [4.69, 9.17) is 9.84 Å². The van der Waals surface area contributed by atoms with Gasteiger partial charge in [-0.05, 0) is 19.4 Å². The van der Waals surface area contributed by atoms with Gasteiger partial charge in [-0.1, -0.05) is 6.08 Å². The van der Waals surface area contributed by atoms with Crippen molar-refractivity contribution in [3.8, 4) is 0 Å². The van der Waals surface area contributed by atoms with Gasteiger partial charge in [-0.25, -0.2) is 0 Å². The molecule has 58 valence electrons. The van der Waals surface area contributed by atoms with E-state index < -0.39 is 6.10 Å². The molecular weight excluding hydrogens is 128 g/mol. The van der Waals surface area contributed by atoms with Gasteiger partial charge < -0.3 is 9.84 Å². The fourth-order valence-corrected chi connectivity index (χ4v) is 0.415. The molecule has 0 fully saturated rings. The first-order valence-electron chi connectivity index (χ1n) is 3.33. The molecule has 0 aliphatic carbocycles. The quantitative estimate of drug-likeness (QED) is 0.465. The predicted octanol–water partition coefficient (Wildman–Crippen LogP) is 1.47. The summed E-state index contributed by atoms with van der Waals surface area (Å²) in [6.45, 7) is 5.57. The van der Waals surface area contributed by atoms with Gasteiger partial charge in [-0.15, -0.1) is 6.58 Å². The first kappa shape index (κ1) is 9.24. The number of hydrogen-bond donors (Lipinski definition) is 1. The average Bonchev–Trinajstić information content (AvgIpc) is 1.87. The van der Waals surface area contributed by atoms with Crippen molar-refractivity contribution in [2.24, 2.45) is 0 Å². The Balaban J connectivity index is 3.09. The molecule has 2 heteroatoms. The lowest BCUT2D eigenvalue weighted by molar-refractivity contribution is 0.0974. The van der Waals surface area contributed by atoms with Crippen LogP contribution in [0.5, 0.6) is 0 Å². The van der Waals surface area contributed by atoms with Gasteiger partial charge in [0, 0.05) is 0 Å². The van der Waals surface area contributed by atoms with E-state index in [1.807, 2.05) is 6.08 Å². The molecule has 0 aromatic carbocycles. The SMILES string of the molecule is C=CCC=COCC(C)O. The molecule has 0 spiro atoms. The summed E-state index contributed by atoms with van der Waals surface area (Å²) in [6.07, 6.45) is 5.61. The minimum Gasteiger partial charge on any atom is -0.499 e. The molecule has 2 nitrogen and oxygen atoms in total. The van der Waals surface area contributed by atoms with Gasteiger partial charge in [0.25, 0.3) is 0 Å². The molecule has 0 saturated heterocycles. The van der Waals surface area contributed by atoms with Crippen molar-refractivity contribution in [2.45, 2.75) is 19.4 Å². The molecule has 0 aliphatic heterocycles. The molecule has 0 radical (unpaired) electrons. The van der Waals surface area contributed by atoms with Crippen LogP contribution in [0.2, 0.25) is 0 Å². The van der Waals surface area contributed by atoms with Crippen LogP contribution in [0.1, 0.15) is 13.3 Å². The highest BCUT2D eigenvalue weighted by atomic mass is 16.5. The van der Waals surface area contributed by atoms with E-state index >= 15 is 0 Å². The molecule has 0 aromatic heterocycles. The first-order chi connectivity index (χ1) is 4.77. The van der Waals surface area contributed by atoms with E-state index in [0.717, 1.165) is 6.42 Å². The van der Waals surface area contributed by atoms with Crippen molar-refractivity contribution < 1.29 is 9.84 Å². The molecular formula is C8H14O2. The van der Waals surface area contributed by atoms with E-state index in [-0.39, 0.29) is 0 Å². The molecule has 10 heavy (non-hydrogen) atoms. The number of aliphatic hydroxyl groups excluding tert-OH is 1. The third-order valence-electron chi connectivity index (χ3n) is 0.833. The molecule has 0 bridgehead atoms. The van der Waals surface area contributed by atoms with Gasteiger partial charge in [-0.2, -0.15) is 0 Å². The summed E-state index contributed by atoms with van der Waals surface area (Å²) in [7, 11) is 0. The number of hydrogen-bond acceptors (Lipinski definition) is 2. The molecule has 0 amide bonds. The standard InChI is InChI=1S/C8H14O2/c1-3-4-5-6-10-7-8(2)9/h3,5-6,8-9H,1,4,7H2,2H3. The highest BCUT2D eigenvalue weighted by Gasteiger charge is 1.89. The molecule has 0 aromatic rings. The Kier molecular flexibility index (Phi) is 5.88. The number of allylic oxidation sites excluding steroid dienone is 2. The second-order valence-electron chi connectivity index (χ2n) is 2.08. The lowest BCUT2D eigenvalue weighted by Crippen LogP contribution is -2.06. The molecule has 1 unspecified atom stereocenters. The summed E-state index contributed by atoms with van der Waals surface area (Å²) in [5.41, 5.74) is 0. The highest BCUT2D eigenvalue weighted by Crippen LogP contribution is 1.87. The van der Waals surface area contributed by atoms with Crippen LogP contribution >= 0.6 is 0 Å². The van der Waals surface area contributed by atoms with Crippen LogP contribution < -0.4 is 0 Å². The summed E-state index contributed by atoms with van der Waals surface area (Å²) in [5, 5.41) is 8.73. The summed E-state index contributed by atoms with van der Waals surface area (Å²) in [6, 6.07) is 0. The van der Waals surface area contributed by atoms with Gasteiger partial charge >= 0.3 is 0 Å². The van der Waals surface area contributed by atoms with Gasteiger partial charge in [0.15, 0.2) is 0 Å². The second-order valence-corrected chi connectivity index (χ2v) is 2.08. The first-order valence-corrected chi connectivity index (χ1v) is 3.33. The monoisotopic (exact) mass is 142 g/mol. The summed E-state index contributed by atoms with van der Waals surface area (Å²) in [4.78, 5) is 0. The van der Waals surface area contributed by atoms with Crippen LogP contribution in [0.4, 0.5) is 0 Å². The van der Waals surface area contributed by atoms with Crippen LogP contribution in [-0.2, 0) is 4.74 Å². The zero-order chi connectivity index (χ0) is 7.82. The van der Waals surface area contributed by atoms with Gasteiger partial charge in [-0.3, -0.25) is 0 Å². The van der Waals surface area contributed by atoms with E-state index in [1.165, 1.54) is 0 Å². The van der Waals surface area contributed by atoms with Crippen molar-refractivity contribution in [1.29, 1.82) is 0 Å². The van der Waals surface area contributed by atoms with E-state index in [9.17, 15) is 0 Å². The van der Waals surface area contributed by atoms with E-state index in [0.29, 0.717) is 6.61 Å². The minimum absolute atomic E-state index is 0.355. The van der Waals surface area contributed by atoms with Crippen molar-refractivity contribution in [2.75, 3.05) is 6.61 Å². The maximum atomic E-state index is 8.73. The van der Waals surface area contributed by atoms with Crippen LogP contribution in [0.15, 0.2) is 25.0 Å². The number of rotatable bonds is 5. The lowest BCUT2D eigenvalue weighted by atomic mass is 10.4. The normalized spacial score (nSPS) is 13.4. The second kappa shape index (κ2) is 6.36. The minimum atomic E-state index is -0.395. The number of ether oxygens (including phenoxy) is 1. The predicted molar refractivity (Wildman–Crippen MR) is 41.6 cm³/mol. The van der Waals surface area contributed by atoms with Crippen molar-refractivity contribution in [1.82, 2.24) is 0 Å². The van der Waals surface area contributed by atoms with Gasteiger partial charge in [0.2, 0.25) is 0 Å². The summed E-state index contributed by atoms with van der Waals surface area (Å²) in [5.74, 6) is 0. The van der Waals surface area contributed by atoms with E-state index in [1.54, 1.807) is 19.3 Å². The molecule has 0 rings (SSSR count). The third kappa shape index (κ3) is 7.24. The molecule has 0 aliphatic rings. The summed E-state index contributed by atoms with van der Waals surface area (Å²) >= 11 is 0. The number of aliphatic hydroxyl groups is 1. The fourth-order valence-electron chi connectivity index (χ4n) is 0.415.